The van der Waals surface area contributed by atoms with E-state index < -0.39 is 31.7 Å². The van der Waals surface area contributed by atoms with E-state index in [0.717, 1.165) is 43.8 Å². The van der Waals surface area contributed by atoms with Crippen LogP contribution in [0, 0.1) is 49.4 Å². The third-order valence-corrected chi connectivity index (χ3v) is 30.7. The van der Waals surface area contributed by atoms with Gasteiger partial charge in [0.2, 0.25) is 0 Å². The van der Waals surface area contributed by atoms with Crippen molar-refractivity contribution in [3.8, 4) is 23.7 Å². The van der Waals surface area contributed by atoms with Crippen molar-refractivity contribution >= 4 is 137 Å². The molecule has 0 saturated heterocycles. The van der Waals surface area contributed by atoms with Crippen molar-refractivity contribution in [3.63, 3.8) is 0 Å². The minimum absolute atomic E-state index is 0. The van der Waals surface area contributed by atoms with Crippen LogP contribution in [-0.4, -0.2) is 24.6 Å². The molecule has 0 saturated carbocycles. The molecule has 12 aromatic carbocycles. The summed E-state index contributed by atoms with van der Waals surface area (Å²) >= 11 is 3.44. The second-order valence-electron chi connectivity index (χ2n) is 22.8. The number of hydrogen-bond acceptors (Lipinski definition) is 2. The van der Waals surface area contributed by atoms with Crippen molar-refractivity contribution in [1.82, 2.24) is 0 Å². The van der Waals surface area contributed by atoms with Gasteiger partial charge in [0.1, 0.15) is 0 Å². The van der Waals surface area contributed by atoms with Crippen molar-refractivity contribution in [1.29, 1.82) is 0 Å². The minimum Gasteiger partial charge on any atom is -0.366 e. The molecule has 0 spiro atoms. The average Bonchev–Trinajstić information content (AvgIpc) is 1.64. The summed E-state index contributed by atoms with van der Waals surface area (Å²) in [6.45, 7) is 0. The van der Waals surface area contributed by atoms with E-state index in [9.17, 15) is 0 Å². The number of benzene rings is 12. The van der Waals surface area contributed by atoms with Crippen molar-refractivity contribution in [2.24, 2.45) is 0 Å². The molecule has 2 aromatic heterocycles. The van der Waals surface area contributed by atoms with Crippen molar-refractivity contribution in [2.75, 3.05) is 24.6 Å². The Hall–Kier alpha value is -6.00. The van der Waals surface area contributed by atoms with Crippen LogP contribution in [-0.2, 0) is 89.5 Å². The van der Waals surface area contributed by atoms with Gasteiger partial charge in [-0.2, -0.15) is 0 Å². The Morgan fingerprint density at radius 2 is 0.367 bits per heavy atom. The molecular weight excluding hydrogens is 2030 g/mol. The molecule has 0 N–H and O–H groups in total. The number of hydrogen-bond donors (Lipinski definition) is 0. The molecule has 0 unspecified atom stereocenters. The van der Waals surface area contributed by atoms with Gasteiger partial charge in [0, 0.05) is 18.8 Å². The normalized spacial score (nSPS) is 10.4. The maximum atomic E-state index is 7.17. The van der Waals surface area contributed by atoms with E-state index in [1.54, 1.807) is 22.7 Å². The van der Waals surface area contributed by atoms with Gasteiger partial charge in [-0.3, -0.25) is 23.7 Å². The Morgan fingerprint density at radius 3 is 0.510 bits per heavy atom. The summed E-state index contributed by atoms with van der Waals surface area (Å²) < 4.78 is 4.78. The molecule has 10 heteroatoms. The molecule has 14 rings (SSSR count). The van der Waals surface area contributed by atoms with Crippen LogP contribution in [0.5, 0.6) is 0 Å². The molecule has 0 atom stereocenters. The topological polar surface area (TPSA) is 0 Å². The van der Waals surface area contributed by atoms with E-state index in [0.29, 0.717) is 0 Å². The maximum Gasteiger partial charge on any atom is 1.00 e. The molecule has 0 bridgehead atoms. The summed E-state index contributed by atoms with van der Waals surface area (Å²) in [4.78, 5) is 0. The monoisotopic (exact) mass is 2100 g/mol. The largest absolute Gasteiger partial charge is 1.00 e. The van der Waals surface area contributed by atoms with Crippen LogP contribution in [0.1, 0.15) is 47.9 Å². The van der Waals surface area contributed by atoms with E-state index in [1.807, 2.05) is 72.8 Å². The molecule has 14 aromatic rings. The molecule has 0 amide bonds. The number of thiophene rings is 2. The third kappa shape index (κ3) is 22.0. The molecule has 0 aliphatic rings. The quantitative estimate of drug-likeness (QED) is 0.0264. The second kappa shape index (κ2) is 42.3. The van der Waals surface area contributed by atoms with Crippen LogP contribution in [0.4, 0.5) is 0 Å². The van der Waals surface area contributed by atoms with E-state index in [1.165, 1.54) is 112 Å². The first kappa shape index (κ1) is 79.3. The van der Waals surface area contributed by atoms with Gasteiger partial charge in [0.15, 0.2) is 0 Å². The predicted molar refractivity (Wildman–Crippen MR) is 423 cm³/mol. The van der Waals surface area contributed by atoms with E-state index in [-0.39, 0.29) is 89.5 Å². The molecular formula is C88H72Au4P4S2+4. The summed E-state index contributed by atoms with van der Waals surface area (Å²) in [6.07, 6.45) is 39.1. The van der Waals surface area contributed by atoms with E-state index in [2.05, 4.69) is 266 Å². The van der Waals surface area contributed by atoms with Gasteiger partial charge in [-0.05, 0) is 144 Å². The summed E-state index contributed by atoms with van der Waals surface area (Å²) in [7, 11) is -2.86. The predicted octanol–water partition coefficient (Wildman–Crippen LogP) is 18.8. The second-order valence-corrected chi connectivity index (χ2v) is 35.4. The Labute approximate surface area is 656 Å². The van der Waals surface area contributed by atoms with Crippen molar-refractivity contribution in [3.05, 3.63) is 363 Å². The van der Waals surface area contributed by atoms with Gasteiger partial charge in [-0.25, -0.2) is 0 Å². The molecule has 496 valence electrons. The molecule has 0 nitrogen and oxygen atoms in total. The molecule has 0 aliphatic carbocycles. The van der Waals surface area contributed by atoms with Crippen LogP contribution in [0.15, 0.2) is 315 Å². The Balaban J connectivity index is 0.000000187. The smallest absolute Gasteiger partial charge is 0.366 e. The maximum absolute atomic E-state index is 7.17. The Bertz CT molecular complexity index is 4080. The fraction of sp³-hybridized carbons (Fsp3) is 0.0909. The molecule has 0 aliphatic heterocycles. The third-order valence-electron chi connectivity index (χ3n) is 16.7. The van der Waals surface area contributed by atoms with Crippen LogP contribution < -0.4 is 42.4 Å². The zero-order chi connectivity index (χ0) is 64.5. The first-order valence-corrected chi connectivity index (χ1v) is 40.4. The van der Waals surface area contributed by atoms with Gasteiger partial charge in [0.05, 0.1) is 98.8 Å². The fourth-order valence-corrected chi connectivity index (χ4v) is 25.0. The van der Waals surface area contributed by atoms with Gasteiger partial charge >= 0.3 is 89.5 Å². The molecule has 98 heavy (non-hydrogen) atoms. The van der Waals surface area contributed by atoms with Gasteiger partial charge in [0.25, 0.3) is 0 Å². The summed E-state index contributed by atoms with van der Waals surface area (Å²) in [5.41, 5.74) is 3.12. The summed E-state index contributed by atoms with van der Waals surface area (Å²) in [5.74, 6) is 9.62. The van der Waals surface area contributed by atoms with Crippen molar-refractivity contribution in [2.45, 2.75) is 25.7 Å². The molecule has 0 fully saturated rings. The Morgan fingerprint density at radius 1 is 0.214 bits per heavy atom. The fourth-order valence-electron chi connectivity index (χ4n) is 12.0. The minimum atomic E-state index is -0.714. The van der Waals surface area contributed by atoms with Crippen LogP contribution >= 0.6 is 54.4 Å². The van der Waals surface area contributed by atoms with Gasteiger partial charge < -0.3 is 25.7 Å². The zero-order valence-electron chi connectivity index (χ0n) is 53.7. The van der Waals surface area contributed by atoms with Gasteiger partial charge in [-0.15, -0.1) is 93.5 Å². The van der Waals surface area contributed by atoms with Gasteiger partial charge in [-0.1, -0.05) is 170 Å². The van der Waals surface area contributed by atoms with E-state index in [4.69, 9.17) is 25.7 Å². The number of rotatable bonds is 18. The first-order valence-electron chi connectivity index (χ1n) is 32.0. The van der Waals surface area contributed by atoms with Crippen LogP contribution in [0.3, 0.4) is 0 Å². The molecule has 0 radical (unpaired) electrons. The zero-order valence-corrected chi connectivity index (χ0v) is 68.0. The van der Waals surface area contributed by atoms with Crippen LogP contribution in [0.2, 0.25) is 0 Å². The first-order chi connectivity index (χ1) is 46.5. The number of fused-ring (bicyclic) bond motifs is 6. The van der Waals surface area contributed by atoms with Crippen LogP contribution in [0.25, 0.3) is 40.3 Å². The average molecular weight is 2110 g/mol. The Kier molecular flexibility index (Phi) is 34.2. The summed E-state index contributed by atoms with van der Waals surface area (Å²) in [5, 5.41) is 16.8. The standard InChI is InChI=1S/2C28H28P2.2C16H6S.4Au/c2*1-5-15-25(16-6-1)29(26-17-7-2-8-18-26)23-13-14-24-30(27-19-9-3-10-20-27)28-21-11-4-12-22-28;2*1-3-11-5-7-15-13(9-11)14-10-12(4-2)6-8-16(14)17-15;;;;/h2*1-12,15-22H,13-14,23-24H2;2*5-10H;;;;/q;;2*-2;4*+1/p+4. The van der Waals surface area contributed by atoms with E-state index >= 15 is 0 Å². The SMILES string of the molecule is [Au+].[Au+].[Au+].[Au+].[C-]#Cc1ccc2sc3ccc(C#[C-])cc3c2c1.[C-]#Cc1ccc2sc3ccc(C#[C-])cc3c2c1.c1ccc([PH+](CCCC[PH+](c2ccccc2)c2ccccc2)c2ccccc2)cc1.c1ccc([PH+](CCCC[PH+](c2ccccc2)c2ccccc2)c2ccccc2)cc1. The number of unbranched alkanes of at least 4 members (excludes halogenated alkanes) is 2. The molecule has 2 heterocycles. The summed E-state index contributed by atoms with van der Waals surface area (Å²) in [6, 6.07) is 113. The van der Waals surface area contributed by atoms with Crippen molar-refractivity contribution < 1.29 is 89.5 Å².